The Morgan fingerprint density at radius 3 is 2.48 bits per heavy atom. The Labute approximate surface area is 150 Å². The summed E-state index contributed by atoms with van der Waals surface area (Å²) in [5.74, 6) is -0.372. The van der Waals surface area contributed by atoms with E-state index in [0.717, 1.165) is 18.7 Å². The van der Waals surface area contributed by atoms with Crippen LogP contribution < -0.4 is 10.2 Å². The van der Waals surface area contributed by atoms with E-state index < -0.39 is 4.92 Å². The van der Waals surface area contributed by atoms with Crippen molar-refractivity contribution in [3.8, 4) is 0 Å². The highest BCUT2D eigenvalue weighted by atomic mass is 35.5. The zero-order chi connectivity index (χ0) is 17.8. The number of benzene rings is 2. The molecule has 1 saturated heterocycles. The lowest BCUT2D eigenvalue weighted by molar-refractivity contribution is -0.384. The Morgan fingerprint density at radius 2 is 1.84 bits per heavy atom. The van der Waals surface area contributed by atoms with Gasteiger partial charge >= 0.3 is 0 Å². The Balaban J connectivity index is 1.62. The molecule has 0 spiro atoms. The molecule has 1 N–H and O–H groups in total. The van der Waals surface area contributed by atoms with Crippen LogP contribution in [0.15, 0.2) is 42.5 Å². The zero-order valence-electron chi connectivity index (χ0n) is 13.6. The summed E-state index contributed by atoms with van der Waals surface area (Å²) in [6.45, 7) is 2.53. The number of carbonyl (C=O) groups excluding carboxylic acids is 1. The molecule has 0 aliphatic carbocycles. The molecule has 0 unspecified atom stereocenters. The van der Waals surface area contributed by atoms with Gasteiger partial charge in [0.2, 0.25) is 0 Å². The van der Waals surface area contributed by atoms with Crippen molar-refractivity contribution < 1.29 is 9.72 Å². The van der Waals surface area contributed by atoms with Crippen LogP contribution in [-0.2, 0) is 6.54 Å². The SMILES string of the molecule is O=C(NCc1ccc(N2CCCC2)cc1)c1ccc(Cl)c([N+](=O)[O-])c1. The van der Waals surface area contributed by atoms with Crippen LogP contribution in [0.1, 0.15) is 28.8 Å². The van der Waals surface area contributed by atoms with E-state index in [0.29, 0.717) is 6.54 Å². The highest BCUT2D eigenvalue weighted by Crippen LogP contribution is 2.25. The third-order valence-corrected chi connectivity index (χ3v) is 4.59. The van der Waals surface area contributed by atoms with Gasteiger partial charge in [-0.2, -0.15) is 0 Å². The summed E-state index contributed by atoms with van der Waals surface area (Å²) in [5, 5.41) is 13.7. The number of amides is 1. The molecular weight excluding hydrogens is 342 g/mol. The third kappa shape index (κ3) is 4.09. The average Bonchev–Trinajstić information content (AvgIpc) is 3.15. The maximum Gasteiger partial charge on any atom is 0.288 e. The Bertz CT molecular complexity index is 787. The monoisotopic (exact) mass is 359 g/mol. The van der Waals surface area contributed by atoms with Gasteiger partial charge in [0, 0.05) is 37.0 Å². The predicted molar refractivity (Wildman–Crippen MR) is 97.2 cm³/mol. The molecule has 1 heterocycles. The first-order chi connectivity index (χ1) is 12.0. The maximum atomic E-state index is 12.2. The standard InChI is InChI=1S/C18H18ClN3O3/c19-16-8-5-14(11-17(16)22(24)25)18(23)20-12-13-3-6-15(7-4-13)21-9-1-2-10-21/h3-8,11H,1-2,9-10,12H2,(H,20,23). The van der Waals surface area contributed by atoms with Gasteiger partial charge < -0.3 is 10.2 Å². The van der Waals surface area contributed by atoms with Gasteiger partial charge in [-0.15, -0.1) is 0 Å². The molecule has 25 heavy (non-hydrogen) atoms. The van der Waals surface area contributed by atoms with Crippen LogP contribution in [0.4, 0.5) is 11.4 Å². The highest BCUT2D eigenvalue weighted by molar-refractivity contribution is 6.32. The van der Waals surface area contributed by atoms with Crippen molar-refractivity contribution in [1.82, 2.24) is 5.32 Å². The van der Waals surface area contributed by atoms with Gasteiger partial charge in [0.05, 0.1) is 4.92 Å². The van der Waals surface area contributed by atoms with Crippen molar-refractivity contribution in [2.45, 2.75) is 19.4 Å². The summed E-state index contributed by atoms with van der Waals surface area (Å²) in [7, 11) is 0. The van der Waals surface area contributed by atoms with Crippen molar-refractivity contribution in [1.29, 1.82) is 0 Å². The van der Waals surface area contributed by atoms with Crippen LogP contribution in [0.2, 0.25) is 5.02 Å². The minimum absolute atomic E-state index is 0.0130. The van der Waals surface area contributed by atoms with Crippen molar-refractivity contribution >= 4 is 28.9 Å². The number of nitrogens with zero attached hydrogens (tertiary/aromatic N) is 2. The molecule has 6 nitrogen and oxygen atoms in total. The normalized spacial score (nSPS) is 13.7. The first-order valence-electron chi connectivity index (χ1n) is 8.10. The summed E-state index contributed by atoms with van der Waals surface area (Å²) < 4.78 is 0. The summed E-state index contributed by atoms with van der Waals surface area (Å²) in [6, 6.07) is 12.1. The molecule has 0 aromatic heterocycles. The smallest absolute Gasteiger partial charge is 0.288 e. The van der Waals surface area contributed by atoms with Crippen LogP contribution >= 0.6 is 11.6 Å². The van der Waals surface area contributed by atoms with Crippen molar-refractivity contribution in [2.24, 2.45) is 0 Å². The number of anilines is 1. The molecule has 2 aromatic carbocycles. The first kappa shape index (κ1) is 17.2. The molecule has 1 amide bonds. The molecule has 1 aliphatic heterocycles. The second-order valence-electron chi connectivity index (χ2n) is 5.97. The molecule has 0 radical (unpaired) electrons. The van der Waals surface area contributed by atoms with Crippen LogP contribution in [-0.4, -0.2) is 23.9 Å². The summed E-state index contributed by atoms with van der Waals surface area (Å²) in [6.07, 6.45) is 2.45. The number of nitro benzene ring substituents is 1. The number of hydrogen-bond donors (Lipinski definition) is 1. The summed E-state index contributed by atoms with van der Waals surface area (Å²) >= 11 is 5.76. The van der Waals surface area contributed by atoms with Crippen molar-refractivity contribution in [3.05, 3.63) is 68.7 Å². The number of rotatable bonds is 5. The number of halogens is 1. The van der Waals surface area contributed by atoms with Gasteiger partial charge in [-0.05, 0) is 42.7 Å². The van der Waals surface area contributed by atoms with Gasteiger partial charge in [0.1, 0.15) is 5.02 Å². The fourth-order valence-corrected chi connectivity index (χ4v) is 3.06. The van der Waals surface area contributed by atoms with Gasteiger partial charge in [0.15, 0.2) is 0 Å². The number of carbonyl (C=O) groups is 1. The van der Waals surface area contributed by atoms with Crippen LogP contribution in [0.5, 0.6) is 0 Å². The van der Waals surface area contributed by atoms with E-state index >= 15 is 0 Å². The molecule has 1 fully saturated rings. The second kappa shape index (κ2) is 7.53. The fourth-order valence-electron chi connectivity index (χ4n) is 2.88. The van der Waals surface area contributed by atoms with E-state index in [1.807, 2.05) is 12.1 Å². The largest absolute Gasteiger partial charge is 0.372 e. The summed E-state index contributed by atoms with van der Waals surface area (Å²) in [5.41, 5.74) is 2.11. The van der Waals surface area contributed by atoms with E-state index in [9.17, 15) is 14.9 Å². The molecule has 0 atom stereocenters. The van der Waals surface area contributed by atoms with E-state index in [1.165, 1.54) is 36.7 Å². The van der Waals surface area contributed by atoms with Gasteiger partial charge in [0.25, 0.3) is 11.6 Å². The summed E-state index contributed by atoms with van der Waals surface area (Å²) in [4.78, 5) is 24.8. The van der Waals surface area contributed by atoms with E-state index in [4.69, 9.17) is 11.6 Å². The van der Waals surface area contributed by atoms with Crippen LogP contribution in [0.25, 0.3) is 0 Å². The van der Waals surface area contributed by atoms with E-state index in [1.54, 1.807) is 0 Å². The Morgan fingerprint density at radius 1 is 1.16 bits per heavy atom. The van der Waals surface area contributed by atoms with E-state index in [-0.39, 0.29) is 22.2 Å². The Hall–Kier alpha value is -2.60. The van der Waals surface area contributed by atoms with Crippen LogP contribution in [0, 0.1) is 10.1 Å². The number of nitrogens with one attached hydrogen (secondary N) is 1. The molecule has 3 rings (SSSR count). The lowest BCUT2D eigenvalue weighted by Crippen LogP contribution is -2.23. The van der Waals surface area contributed by atoms with Gasteiger partial charge in [-0.3, -0.25) is 14.9 Å². The van der Waals surface area contributed by atoms with Gasteiger partial charge in [-0.25, -0.2) is 0 Å². The maximum absolute atomic E-state index is 12.2. The molecule has 1 aliphatic rings. The average molecular weight is 360 g/mol. The minimum atomic E-state index is -0.601. The fraction of sp³-hybridized carbons (Fsp3) is 0.278. The molecule has 0 saturated carbocycles. The molecule has 0 bridgehead atoms. The molecule has 7 heteroatoms. The molecule has 2 aromatic rings. The quantitative estimate of drug-likeness (QED) is 0.651. The molecule has 130 valence electrons. The molecular formula is C18H18ClN3O3. The zero-order valence-corrected chi connectivity index (χ0v) is 14.3. The van der Waals surface area contributed by atoms with Crippen molar-refractivity contribution in [3.63, 3.8) is 0 Å². The van der Waals surface area contributed by atoms with Crippen LogP contribution in [0.3, 0.4) is 0 Å². The second-order valence-corrected chi connectivity index (χ2v) is 6.37. The number of nitro groups is 1. The van der Waals surface area contributed by atoms with Gasteiger partial charge in [-0.1, -0.05) is 23.7 Å². The lowest BCUT2D eigenvalue weighted by atomic mass is 10.1. The highest BCUT2D eigenvalue weighted by Gasteiger charge is 2.16. The van der Waals surface area contributed by atoms with E-state index in [2.05, 4.69) is 22.3 Å². The third-order valence-electron chi connectivity index (χ3n) is 4.27. The number of hydrogen-bond acceptors (Lipinski definition) is 4. The first-order valence-corrected chi connectivity index (χ1v) is 8.48. The topological polar surface area (TPSA) is 75.5 Å². The lowest BCUT2D eigenvalue weighted by Gasteiger charge is -2.17. The predicted octanol–water partition coefficient (Wildman–Crippen LogP) is 3.78. The Kier molecular flexibility index (Phi) is 5.19. The minimum Gasteiger partial charge on any atom is -0.372 e. The van der Waals surface area contributed by atoms with Crippen molar-refractivity contribution in [2.75, 3.05) is 18.0 Å².